The highest BCUT2D eigenvalue weighted by molar-refractivity contribution is 7.80. The van der Waals surface area contributed by atoms with Crippen LogP contribution in [0.2, 0.25) is 0 Å². The molecule has 12 heavy (non-hydrogen) atoms. The maximum absolute atomic E-state index is 4.47. The van der Waals surface area contributed by atoms with Gasteiger partial charge in [0.25, 0.3) is 0 Å². The molecule has 0 bridgehead atoms. The van der Waals surface area contributed by atoms with E-state index < -0.39 is 0 Å². The Morgan fingerprint density at radius 3 is 1.42 bits per heavy atom. The Balaban J connectivity index is 3.87. The van der Waals surface area contributed by atoms with E-state index >= 15 is 0 Å². The van der Waals surface area contributed by atoms with Gasteiger partial charge in [0.2, 0.25) is 0 Å². The van der Waals surface area contributed by atoms with Gasteiger partial charge in [-0.25, -0.2) is 0 Å². The average molecular weight is 189 g/mol. The Morgan fingerprint density at radius 1 is 0.917 bits per heavy atom. The molecule has 1 atom stereocenters. The van der Waals surface area contributed by atoms with Crippen molar-refractivity contribution in [2.45, 2.75) is 40.0 Å². The Labute approximate surface area is 82.9 Å². The summed E-state index contributed by atoms with van der Waals surface area (Å²) in [6.45, 7) is 13.5. The molecule has 0 amide bonds. The molecule has 1 nitrogen and oxygen atoms in total. The van der Waals surface area contributed by atoms with Gasteiger partial charge in [-0.1, -0.05) is 27.7 Å². The van der Waals surface area contributed by atoms with Gasteiger partial charge in [-0.15, -0.1) is 0 Å². The lowest BCUT2D eigenvalue weighted by molar-refractivity contribution is 0.214. The van der Waals surface area contributed by atoms with E-state index in [0.29, 0.717) is 5.37 Å². The normalized spacial score (nSPS) is 14.8. The van der Waals surface area contributed by atoms with Crippen LogP contribution in [-0.2, 0) is 0 Å². The van der Waals surface area contributed by atoms with Crippen molar-refractivity contribution in [3.63, 3.8) is 0 Å². The first kappa shape index (κ1) is 12.3. The third-order valence-electron chi connectivity index (χ3n) is 1.73. The Kier molecular flexibility index (Phi) is 6.02. The second-order valence-electron chi connectivity index (χ2n) is 4.37. The molecule has 1 unspecified atom stereocenters. The molecule has 0 aliphatic heterocycles. The molecule has 0 aromatic carbocycles. The van der Waals surface area contributed by atoms with Gasteiger partial charge in [0.1, 0.15) is 0 Å². The quantitative estimate of drug-likeness (QED) is 0.514. The summed E-state index contributed by atoms with van der Waals surface area (Å²) in [7, 11) is 0. The lowest BCUT2D eigenvalue weighted by atomic mass is 10.1. The van der Waals surface area contributed by atoms with Crippen LogP contribution in [0, 0.1) is 11.8 Å². The molecule has 74 valence electrons. The third-order valence-corrected chi connectivity index (χ3v) is 2.05. The van der Waals surface area contributed by atoms with Gasteiger partial charge >= 0.3 is 0 Å². The fourth-order valence-corrected chi connectivity index (χ4v) is 1.51. The van der Waals surface area contributed by atoms with Gasteiger partial charge in [0, 0.05) is 18.5 Å². The van der Waals surface area contributed by atoms with Gasteiger partial charge in [0.05, 0.1) is 0 Å². The maximum Gasteiger partial charge on any atom is 0.0499 e. The van der Waals surface area contributed by atoms with Crippen LogP contribution in [-0.4, -0.2) is 23.4 Å². The van der Waals surface area contributed by atoms with Crippen LogP contribution in [0.3, 0.4) is 0 Å². The van der Waals surface area contributed by atoms with Crippen LogP contribution in [0.25, 0.3) is 0 Å². The molecule has 0 N–H and O–H groups in total. The fraction of sp³-hybridized carbons (Fsp3) is 1.00. The van der Waals surface area contributed by atoms with Crippen LogP contribution < -0.4 is 0 Å². The summed E-state index contributed by atoms with van der Waals surface area (Å²) in [6.07, 6.45) is 0. The highest BCUT2D eigenvalue weighted by Crippen LogP contribution is 2.10. The molecule has 0 aromatic rings. The van der Waals surface area contributed by atoms with Gasteiger partial charge in [-0.2, -0.15) is 12.6 Å². The minimum absolute atomic E-state index is 0.384. The molecule has 0 radical (unpaired) electrons. The zero-order valence-corrected chi connectivity index (χ0v) is 9.94. The summed E-state index contributed by atoms with van der Waals surface area (Å²) < 4.78 is 0. The SMILES string of the molecule is CC(C)CN(CC(C)C)C(C)S. The van der Waals surface area contributed by atoms with E-state index in [1.165, 1.54) is 0 Å². The van der Waals surface area contributed by atoms with Crippen molar-refractivity contribution < 1.29 is 0 Å². The Bertz CT molecular complexity index is 100. The number of nitrogens with zero attached hydrogens (tertiary/aromatic N) is 1. The standard InChI is InChI=1S/C10H23NS/c1-8(2)6-11(10(5)12)7-9(3)4/h8-10,12H,6-7H2,1-5H3. The number of hydrogen-bond acceptors (Lipinski definition) is 2. The van der Waals surface area contributed by atoms with E-state index in [9.17, 15) is 0 Å². The van der Waals surface area contributed by atoms with E-state index in [0.717, 1.165) is 24.9 Å². The van der Waals surface area contributed by atoms with Crippen LogP contribution >= 0.6 is 12.6 Å². The second kappa shape index (κ2) is 5.87. The molecular weight excluding hydrogens is 166 g/mol. The van der Waals surface area contributed by atoms with Crippen molar-refractivity contribution in [2.75, 3.05) is 13.1 Å². The van der Waals surface area contributed by atoms with Gasteiger partial charge in [0.15, 0.2) is 0 Å². The van der Waals surface area contributed by atoms with Crippen molar-refractivity contribution >= 4 is 12.6 Å². The van der Waals surface area contributed by atoms with E-state index in [2.05, 4.69) is 52.1 Å². The zero-order valence-electron chi connectivity index (χ0n) is 9.04. The first-order valence-corrected chi connectivity index (χ1v) is 5.37. The third kappa shape index (κ3) is 5.90. The van der Waals surface area contributed by atoms with Gasteiger partial charge in [-0.3, -0.25) is 4.90 Å². The zero-order chi connectivity index (χ0) is 9.72. The summed E-state index contributed by atoms with van der Waals surface area (Å²) >= 11 is 4.47. The lowest BCUT2D eigenvalue weighted by Crippen LogP contribution is -2.35. The average Bonchev–Trinajstić information content (AvgIpc) is 1.83. The van der Waals surface area contributed by atoms with Crippen LogP contribution in [0.5, 0.6) is 0 Å². The largest absolute Gasteiger partial charge is 0.291 e. The summed E-state index contributed by atoms with van der Waals surface area (Å²) in [5.74, 6) is 1.47. The number of rotatable bonds is 5. The van der Waals surface area contributed by atoms with Crippen molar-refractivity contribution in [1.29, 1.82) is 0 Å². The minimum Gasteiger partial charge on any atom is -0.291 e. The maximum atomic E-state index is 4.47. The van der Waals surface area contributed by atoms with E-state index in [1.54, 1.807) is 0 Å². The molecule has 2 heteroatoms. The smallest absolute Gasteiger partial charge is 0.0499 e. The van der Waals surface area contributed by atoms with E-state index in [4.69, 9.17) is 0 Å². The summed E-state index contributed by atoms with van der Waals surface area (Å²) in [5.41, 5.74) is 0. The summed E-state index contributed by atoms with van der Waals surface area (Å²) in [4.78, 5) is 2.43. The van der Waals surface area contributed by atoms with E-state index in [1.807, 2.05) is 0 Å². The highest BCUT2D eigenvalue weighted by Gasteiger charge is 2.12. The van der Waals surface area contributed by atoms with Crippen molar-refractivity contribution in [2.24, 2.45) is 11.8 Å². The Morgan fingerprint density at radius 2 is 1.25 bits per heavy atom. The van der Waals surface area contributed by atoms with Gasteiger partial charge < -0.3 is 0 Å². The van der Waals surface area contributed by atoms with E-state index in [-0.39, 0.29) is 0 Å². The van der Waals surface area contributed by atoms with Gasteiger partial charge in [-0.05, 0) is 18.8 Å². The van der Waals surface area contributed by atoms with Crippen LogP contribution in [0.15, 0.2) is 0 Å². The monoisotopic (exact) mass is 189 g/mol. The second-order valence-corrected chi connectivity index (χ2v) is 5.12. The minimum atomic E-state index is 0.384. The molecule has 0 saturated carbocycles. The number of hydrogen-bond donors (Lipinski definition) is 1. The first-order valence-electron chi connectivity index (χ1n) is 4.85. The molecule has 0 fully saturated rings. The van der Waals surface area contributed by atoms with Crippen LogP contribution in [0.4, 0.5) is 0 Å². The van der Waals surface area contributed by atoms with Crippen molar-refractivity contribution in [1.82, 2.24) is 4.90 Å². The van der Waals surface area contributed by atoms with Crippen molar-refractivity contribution in [3.05, 3.63) is 0 Å². The highest BCUT2D eigenvalue weighted by atomic mass is 32.1. The fourth-order valence-electron chi connectivity index (χ4n) is 1.32. The summed E-state index contributed by atoms with van der Waals surface area (Å²) in [6, 6.07) is 0. The Hall–Kier alpha value is 0.310. The molecule has 0 saturated heterocycles. The summed E-state index contributed by atoms with van der Waals surface area (Å²) in [5, 5.41) is 0.384. The predicted octanol–water partition coefficient (Wildman–Crippen LogP) is 2.88. The molecule has 0 aliphatic carbocycles. The molecule has 0 spiro atoms. The molecular formula is C10H23NS. The number of thiol groups is 1. The lowest BCUT2D eigenvalue weighted by Gasteiger charge is -2.29. The molecule has 0 heterocycles. The molecule has 0 rings (SSSR count). The molecule has 0 aromatic heterocycles. The first-order chi connectivity index (χ1) is 5.43. The van der Waals surface area contributed by atoms with Crippen LogP contribution in [0.1, 0.15) is 34.6 Å². The topological polar surface area (TPSA) is 3.24 Å². The van der Waals surface area contributed by atoms with Crippen molar-refractivity contribution in [3.8, 4) is 0 Å². The molecule has 0 aliphatic rings. The predicted molar refractivity (Wildman–Crippen MR) is 59.7 cm³/mol.